The molecule has 5 heteroatoms. The van der Waals surface area contributed by atoms with Gasteiger partial charge >= 0.3 is 0 Å². The number of aliphatic hydroxyl groups is 1. The van der Waals surface area contributed by atoms with E-state index in [1.165, 1.54) is 13.0 Å². The van der Waals surface area contributed by atoms with Gasteiger partial charge in [0.05, 0.1) is 12.2 Å². The minimum Gasteiger partial charge on any atom is -0.482 e. The number of hydrogen-bond donors (Lipinski definition) is 1. The third kappa shape index (κ3) is 2.87. The molecule has 0 spiro atoms. The normalized spacial score (nSPS) is 18.8. The minimum atomic E-state index is -0.752. The molecule has 0 atom stereocenters. The Bertz CT molecular complexity index is 783. The maximum Gasteiger partial charge on any atom is 0.159 e. The van der Waals surface area contributed by atoms with Crippen LogP contribution >= 0.6 is 0 Å². The Kier molecular flexibility index (Phi) is 4.05. The predicted octanol–water partition coefficient (Wildman–Crippen LogP) is 3.03. The van der Waals surface area contributed by atoms with E-state index >= 15 is 0 Å². The summed E-state index contributed by atoms with van der Waals surface area (Å²) in [6, 6.07) is 5.14. The van der Waals surface area contributed by atoms with Crippen LogP contribution in [0.3, 0.4) is 0 Å². The molecule has 1 heterocycles. The van der Waals surface area contributed by atoms with E-state index in [9.17, 15) is 14.7 Å². The Hall–Kier alpha value is -2.40. The topological polar surface area (TPSA) is 72.8 Å². The lowest BCUT2D eigenvalue weighted by atomic mass is 9.90. The molecule has 5 nitrogen and oxygen atoms in total. The first kappa shape index (κ1) is 16.5. The highest BCUT2D eigenvalue weighted by atomic mass is 16.5. The van der Waals surface area contributed by atoms with Crippen LogP contribution < -0.4 is 4.74 Å². The highest BCUT2D eigenvalue weighted by Crippen LogP contribution is 2.43. The van der Waals surface area contributed by atoms with Crippen LogP contribution in [0.2, 0.25) is 0 Å². The summed E-state index contributed by atoms with van der Waals surface area (Å²) in [7, 11) is 0. The highest BCUT2D eigenvalue weighted by molar-refractivity contribution is 5.96. The van der Waals surface area contributed by atoms with Crippen molar-refractivity contribution in [3.8, 4) is 5.75 Å². The van der Waals surface area contributed by atoms with Crippen molar-refractivity contribution < 1.29 is 24.2 Å². The van der Waals surface area contributed by atoms with Crippen LogP contribution in [0.5, 0.6) is 5.75 Å². The van der Waals surface area contributed by atoms with Gasteiger partial charge in [0.1, 0.15) is 22.9 Å². The quantitative estimate of drug-likeness (QED) is 0.860. The number of carbonyl (C=O) groups excluding carboxylic acids is 2. The average molecular weight is 328 g/mol. The Morgan fingerprint density at radius 1 is 1.33 bits per heavy atom. The first-order valence-electron chi connectivity index (χ1n) is 7.92. The van der Waals surface area contributed by atoms with E-state index in [0.717, 1.165) is 0 Å². The van der Waals surface area contributed by atoms with Crippen molar-refractivity contribution in [1.29, 1.82) is 0 Å². The highest BCUT2D eigenvalue weighted by Gasteiger charge is 2.37. The van der Waals surface area contributed by atoms with E-state index in [0.29, 0.717) is 46.8 Å². The van der Waals surface area contributed by atoms with Crippen molar-refractivity contribution in [3.63, 3.8) is 0 Å². The van der Waals surface area contributed by atoms with Crippen LogP contribution in [0.25, 0.3) is 5.76 Å². The summed E-state index contributed by atoms with van der Waals surface area (Å²) in [5, 5.41) is 9.86. The van der Waals surface area contributed by atoms with Crippen molar-refractivity contribution in [3.05, 3.63) is 46.7 Å². The minimum absolute atomic E-state index is 0.0279. The first-order valence-corrected chi connectivity index (χ1v) is 7.92. The SMILES string of the molecule is CC(=O)c1ccc2c(c1)C(OC1=CC(=O)CC1)=C(CO)C(C)(C)O2. The molecule has 0 saturated carbocycles. The van der Waals surface area contributed by atoms with Crippen LogP contribution in [0.4, 0.5) is 0 Å². The Labute approximate surface area is 140 Å². The summed E-state index contributed by atoms with van der Waals surface area (Å²) in [4.78, 5) is 23.2. The summed E-state index contributed by atoms with van der Waals surface area (Å²) in [5.74, 6) is 1.58. The van der Waals surface area contributed by atoms with Gasteiger partial charge in [-0.05, 0) is 39.0 Å². The van der Waals surface area contributed by atoms with Gasteiger partial charge in [-0.25, -0.2) is 0 Å². The largest absolute Gasteiger partial charge is 0.482 e. The lowest BCUT2D eigenvalue weighted by molar-refractivity contribution is -0.114. The van der Waals surface area contributed by atoms with Gasteiger partial charge < -0.3 is 14.6 Å². The van der Waals surface area contributed by atoms with Gasteiger partial charge in [-0.2, -0.15) is 0 Å². The summed E-state index contributed by atoms with van der Waals surface area (Å²) in [5.41, 5.74) is 0.979. The first-order chi connectivity index (χ1) is 11.3. The Morgan fingerprint density at radius 2 is 2.08 bits per heavy atom. The average Bonchev–Trinajstić information content (AvgIpc) is 2.91. The fourth-order valence-electron chi connectivity index (χ4n) is 2.95. The molecule has 0 fully saturated rings. The zero-order valence-electron chi connectivity index (χ0n) is 14.0. The molecule has 1 aromatic carbocycles. The molecule has 0 saturated heterocycles. The number of benzene rings is 1. The van der Waals surface area contributed by atoms with Crippen molar-refractivity contribution in [2.75, 3.05) is 6.61 Å². The number of ketones is 2. The molecule has 0 bridgehead atoms. The number of aliphatic hydroxyl groups excluding tert-OH is 1. The molecule has 0 aromatic heterocycles. The maximum atomic E-state index is 11.7. The van der Waals surface area contributed by atoms with Gasteiger partial charge in [0.2, 0.25) is 0 Å². The number of rotatable bonds is 4. The number of fused-ring (bicyclic) bond motifs is 1. The van der Waals surface area contributed by atoms with Crippen molar-refractivity contribution in [1.82, 2.24) is 0 Å². The standard InChI is InChI=1S/C19H20O5/c1-11(21)12-4-7-17-15(8-12)18(16(10-20)19(2,3)24-17)23-14-6-5-13(22)9-14/h4,7-9,20H,5-6,10H2,1-3H3. The number of carbonyl (C=O) groups is 2. The molecular weight excluding hydrogens is 308 g/mol. The molecule has 1 aliphatic carbocycles. The molecule has 1 aromatic rings. The molecule has 3 rings (SSSR count). The van der Waals surface area contributed by atoms with E-state index in [2.05, 4.69) is 0 Å². The summed E-state index contributed by atoms with van der Waals surface area (Å²) >= 11 is 0. The van der Waals surface area contributed by atoms with Crippen LogP contribution in [-0.4, -0.2) is 28.9 Å². The zero-order chi connectivity index (χ0) is 17.5. The van der Waals surface area contributed by atoms with Gasteiger partial charge in [0, 0.05) is 30.1 Å². The number of allylic oxidation sites excluding steroid dienone is 2. The second kappa shape index (κ2) is 5.91. The maximum absolute atomic E-state index is 11.7. The van der Waals surface area contributed by atoms with E-state index in [1.54, 1.807) is 18.2 Å². The van der Waals surface area contributed by atoms with Crippen molar-refractivity contribution in [2.24, 2.45) is 0 Å². The number of hydrogen-bond acceptors (Lipinski definition) is 5. The molecule has 126 valence electrons. The lowest BCUT2D eigenvalue weighted by Gasteiger charge is -2.36. The van der Waals surface area contributed by atoms with Crippen molar-refractivity contribution >= 4 is 17.3 Å². The van der Waals surface area contributed by atoms with Crippen LogP contribution in [0.1, 0.15) is 49.5 Å². The molecule has 0 radical (unpaired) electrons. The second-order valence-corrected chi connectivity index (χ2v) is 6.52. The monoisotopic (exact) mass is 328 g/mol. The second-order valence-electron chi connectivity index (χ2n) is 6.52. The number of ether oxygens (including phenoxy) is 2. The van der Waals surface area contributed by atoms with Crippen molar-refractivity contribution in [2.45, 2.75) is 39.2 Å². The van der Waals surface area contributed by atoms with Gasteiger partial charge in [-0.3, -0.25) is 9.59 Å². The third-order valence-corrected chi connectivity index (χ3v) is 4.33. The lowest BCUT2D eigenvalue weighted by Crippen LogP contribution is -2.36. The molecule has 0 amide bonds. The van der Waals surface area contributed by atoms with Gasteiger partial charge in [0.25, 0.3) is 0 Å². The zero-order valence-corrected chi connectivity index (χ0v) is 14.0. The van der Waals surface area contributed by atoms with Crippen LogP contribution in [-0.2, 0) is 9.53 Å². The molecule has 2 aliphatic rings. The smallest absolute Gasteiger partial charge is 0.159 e. The van der Waals surface area contributed by atoms with Crippen LogP contribution in [0, 0.1) is 0 Å². The van der Waals surface area contributed by atoms with E-state index in [1.807, 2.05) is 13.8 Å². The summed E-state index contributed by atoms with van der Waals surface area (Å²) in [6.45, 7) is 4.94. The van der Waals surface area contributed by atoms with E-state index in [-0.39, 0.29) is 18.2 Å². The van der Waals surface area contributed by atoms with E-state index in [4.69, 9.17) is 9.47 Å². The fourth-order valence-corrected chi connectivity index (χ4v) is 2.95. The van der Waals surface area contributed by atoms with Gasteiger partial charge in [-0.1, -0.05) is 0 Å². The number of Topliss-reactive ketones (excluding diaryl/α,β-unsaturated/α-hetero) is 1. The summed E-state index contributed by atoms with van der Waals surface area (Å²) in [6.07, 6.45) is 2.44. The van der Waals surface area contributed by atoms with Gasteiger partial charge in [0.15, 0.2) is 11.6 Å². The third-order valence-electron chi connectivity index (χ3n) is 4.33. The Morgan fingerprint density at radius 3 is 2.67 bits per heavy atom. The predicted molar refractivity (Wildman–Crippen MR) is 88.6 cm³/mol. The molecule has 24 heavy (non-hydrogen) atoms. The molecular formula is C19H20O5. The van der Waals surface area contributed by atoms with Crippen LogP contribution in [0.15, 0.2) is 35.6 Å². The Balaban J connectivity index is 2.14. The fraction of sp³-hybridized carbons (Fsp3) is 0.368. The van der Waals surface area contributed by atoms with Gasteiger partial charge in [-0.15, -0.1) is 0 Å². The molecule has 0 unspecified atom stereocenters. The molecule has 1 aliphatic heterocycles. The van der Waals surface area contributed by atoms with E-state index < -0.39 is 5.60 Å². The summed E-state index contributed by atoms with van der Waals surface area (Å²) < 4.78 is 12.0. The molecule has 1 N–H and O–H groups in total.